The van der Waals surface area contributed by atoms with Gasteiger partial charge in [0.25, 0.3) is 0 Å². The lowest BCUT2D eigenvalue weighted by Gasteiger charge is -2.48. The van der Waals surface area contributed by atoms with Crippen LogP contribution in [-0.4, -0.2) is 193 Å². The van der Waals surface area contributed by atoms with Crippen LogP contribution in [-0.2, 0) is 33.2 Å². The highest BCUT2D eigenvalue weighted by Gasteiger charge is 2.53. The van der Waals surface area contributed by atoms with Crippen molar-refractivity contribution in [3.63, 3.8) is 0 Å². The quantitative estimate of drug-likeness (QED) is 0.0233. The van der Waals surface area contributed by atoms with Gasteiger partial charge < -0.3 is 89.9 Å². The molecule has 17 atom stereocenters. The fourth-order valence-electron chi connectivity index (χ4n) is 10.0. The number of ether oxygens (including phenoxy) is 6. The Kier molecular flexibility index (Phi) is 41.3. The minimum atomic E-state index is -1.99. The predicted molar refractivity (Wildman–Crippen MR) is 318 cm³/mol. The molecular formula is C64H109NO18. The third-order valence-corrected chi connectivity index (χ3v) is 15.2. The zero-order valence-corrected chi connectivity index (χ0v) is 49.9. The lowest BCUT2D eigenvalue weighted by Crippen LogP contribution is -2.66. The molecule has 19 heteroatoms. The van der Waals surface area contributed by atoms with E-state index in [1.165, 1.54) is 64.2 Å². The number of allylic oxidation sites excluding steroid dienone is 13. The number of nitrogens with one attached hydrogen (secondary N) is 1. The molecule has 17 unspecified atom stereocenters. The van der Waals surface area contributed by atoms with E-state index in [1.54, 1.807) is 6.08 Å². The van der Waals surface area contributed by atoms with Gasteiger partial charge in [-0.2, -0.15) is 0 Å². The number of hydrogen-bond acceptors (Lipinski definition) is 18. The van der Waals surface area contributed by atoms with Gasteiger partial charge in [-0.05, 0) is 83.5 Å². The van der Waals surface area contributed by atoms with Gasteiger partial charge in [0.2, 0.25) is 5.91 Å². The normalized spacial score (nSPS) is 30.0. The van der Waals surface area contributed by atoms with E-state index in [9.17, 15) is 61.0 Å². The van der Waals surface area contributed by atoms with E-state index >= 15 is 0 Å². The largest absolute Gasteiger partial charge is 0.394 e. The zero-order valence-electron chi connectivity index (χ0n) is 49.9. The van der Waals surface area contributed by atoms with Gasteiger partial charge in [0, 0.05) is 6.42 Å². The molecule has 3 aliphatic rings. The summed E-state index contributed by atoms with van der Waals surface area (Å²) in [5, 5.41) is 120. The van der Waals surface area contributed by atoms with Crippen LogP contribution in [0.3, 0.4) is 0 Å². The standard InChI is InChI=1S/C64H109NO18/c1-3-5-7-9-11-13-15-17-19-20-21-22-23-24-25-26-28-30-32-34-36-38-40-42-52(70)65-47(48(69)41-39-37-35-33-31-29-27-18-16-14-12-10-8-6-4-2)46-78-62-58(76)55(73)60(50(44-67)80-62)83-64-59(77)56(74)61(51(45-68)81-64)82-63-57(75)54(72)53(71)49(43-66)79-63/h5,7,11,13,16-19,21-22,31,33,39,41,47-51,53-64,66-69,71-77H,3-4,6,8-10,12,14-15,20,23-30,32,34-38,40,42-46H2,1-2H3,(H,65,70)/b7-5-,13-11-,18-16+,19-17-,22-21-,33-31+,41-39+. The van der Waals surface area contributed by atoms with Gasteiger partial charge >= 0.3 is 0 Å². The summed E-state index contributed by atoms with van der Waals surface area (Å²) in [4.78, 5) is 13.3. The molecule has 478 valence electrons. The fourth-order valence-corrected chi connectivity index (χ4v) is 10.0. The molecule has 0 radical (unpaired) electrons. The molecule has 83 heavy (non-hydrogen) atoms. The van der Waals surface area contributed by atoms with Crippen molar-refractivity contribution in [3.05, 3.63) is 85.1 Å². The predicted octanol–water partition coefficient (Wildman–Crippen LogP) is 6.37. The van der Waals surface area contributed by atoms with Gasteiger partial charge in [-0.3, -0.25) is 4.79 Å². The summed E-state index contributed by atoms with van der Waals surface area (Å²) >= 11 is 0. The maximum Gasteiger partial charge on any atom is 0.220 e. The molecule has 0 aromatic rings. The topological polar surface area (TPSA) is 307 Å². The minimum Gasteiger partial charge on any atom is -0.394 e. The molecule has 0 bridgehead atoms. The van der Waals surface area contributed by atoms with E-state index in [-0.39, 0.29) is 18.9 Å². The van der Waals surface area contributed by atoms with E-state index in [1.807, 2.05) is 6.08 Å². The van der Waals surface area contributed by atoms with E-state index < -0.39 is 124 Å². The van der Waals surface area contributed by atoms with Crippen molar-refractivity contribution < 1.29 is 89.4 Å². The Labute approximate surface area is 495 Å². The highest BCUT2D eigenvalue weighted by atomic mass is 16.8. The first kappa shape index (κ1) is 74.2. The molecule has 0 aliphatic carbocycles. The summed E-state index contributed by atoms with van der Waals surface area (Å²) in [6, 6.07) is -1.00. The molecule has 0 saturated carbocycles. The maximum atomic E-state index is 13.3. The number of hydrogen-bond donors (Lipinski definition) is 12. The summed E-state index contributed by atoms with van der Waals surface area (Å²) in [7, 11) is 0. The number of aliphatic hydroxyl groups excluding tert-OH is 11. The van der Waals surface area contributed by atoms with E-state index in [0.717, 1.165) is 83.5 Å². The van der Waals surface area contributed by atoms with Crippen LogP contribution in [0.5, 0.6) is 0 Å². The van der Waals surface area contributed by atoms with Crippen molar-refractivity contribution in [3.8, 4) is 0 Å². The van der Waals surface area contributed by atoms with Crippen molar-refractivity contribution in [2.24, 2.45) is 0 Å². The van der Waals surface area contributed by atoms with Crippen molar-refractivity contribution in [1.29, 1.82) is 0 Å². The summed E-state index contributed by atoms with van der Waals surface area (Å²) in [5.41, 5.74) is 0. The number of unbranched alkanes of at least 4 members (excludes halogenated alkanes) is 17. The SMILES string of the molecule is CC/C=C\C/C=C\C/C=C\C/C=C\CCCCCCCCCCCCC(=O)NC(COC1OC(CO)C(OC2OC(CO)C(OC3OC(CO)C(O)C(O)C3O)C(O)C2O)C(O)C1O)C(O)/C=C/CC/C=C/CC/C=C/CCCCCCC. The van der Waals surface area contributed by atoms with Gasteiger partial charge in [0.1, 0.15) is 73.2 Å². The molecular weight excluding hydrogens is 1070 g/mol. The van der Waals surface area contributed by atoms with Gasteiger partial charge in [-0.15, -0.1) is 0 Å². The van der Waals surface area contributed by atoms with Gasteiger partial charge in [0.15, 0.2) is 18.9 Å². The van der Waals surface area contributed by atoms with E-state index in [2.05, 4.69) is 92.1 Å². The molecule has 0 aromatic heterocycles. The Morgan fingerprint density at radius 3 is 1.35 bits per heavy atom. The van der Waals surface area contributed by atoms with Crippen LogP contribution in [0.2, 0.25) is 0 Å². The van der Waals surface area contributed by atoms with E-state index in [0.29, 0.717) is 12.8 Å². The first-order valence-electron chi connectivity index (χ1n) is 31.3. The molecule has 0 spiro atoms. The minimum absolute atomic E-state index is 0.222. The fraction of sp³-hybridized carbons (Fsp3) is 0.766. The van der Waals surface area contributed by atoms with Crippen molar-refractivity contribution in [2.45, 2.75) is 285 Å². The smallest absolute Gasteiger partial charge is 0.220 e. The van der Waals surface area contributed by atoms with Crippen molar-refractivity contribution >= 4 is 5.91 Å². The molecule has 3 aliphatic heterocycles. The van der Waals surface area contributed by atoms with Gasteiger partial charge in [-0.25, -0.2) is 0 Å². The molecule has 3 fully saturated rings. The highest BCUT2D eigenvalue weighted by molar-refractivity contribution is 5.76. The van der Waals surface area contributed by atoms with Gasteiger partial charge in [0.05, 0.1) is 38.6 Å². The second kappa shape index (κ2) is 46.2. The molecule has 3 rings (SSSR count). The first-order valence-corrected chi connectivity index (χ1v) is 31.3. The number of amides is 1. The van der Waals surface area contributed by atoms with Crippen LogP contribution >= 0.6 is 0 Å². The Hall–Kier alpha value is -3.03. The highest BCUT2D eigenvalue weighted by Crippen LogP contribution is 2.33. The lowest BCUT2D eigenvalue weighted by atomic mass is 9.96. The Balaban J connectivity index is 1.48. The average molecular weight is 1180 g/mol. The third kappa shape index (κ3) is 29.5. The third-order valence-electron chi connectivity index (χ3n) is 15.2. The number of carbonyl (C=O) groups excluding carboxylic acids is 1. The second-order valence-electron chi connectivity index (χ2n) is 22.1. The first-order chi connectivity index (χ1) is 40.3. The number of carbonyl (C=O) groups is 1. The van der Waals surface area contributed by atoms with E-state index in [4.69, 9.17) is 28.4 Å². The molecule has 1 amide bonds. The summed E-state index contributed by atoms with van der Waals surface area (Å²) in [6.45, 7) is 1.54. The summed E-state index contributed by atoms with van der Waals surface area (Å²) < 4.78 is 34.2. The van der Waals surface area contributed by atoms with Crippen LogP contribution in [0.4, 0.5) is 0 Å². The lowest BCUT2D eigenvalue weighted by molar-refractivity contribution is -0.379. The van der Waals surface area contributed by atoms with Crippen LogP contribution < -0.4 is 5.32 Å². The van der Waals surface area contributed by atoms with Crippen molar-refractivity contribution in [2.75, 3.05) is 26.4 Å². The Morgan fingerprint density at radius 2 is 0.843 bits per heavy atom. The molecule has 12 N–H and O–H groups in total. The van der Waals surface area contributed by atoms with Crippen LogP contribution in [0, 0.1) is 0 Å². The molecule has 3 heterocycles. The van der Waals surface area contributed by atoms with Crippen molar-refractivity contribution in [1.82, 2.24) is 5.32 Å². The van der Waals surface area contributed by atoms with Crippen LogP contribution in [0.1, 0.15) is 181 Å². The molecule has 3 saturated heterocycles. The Morgan fingerprint density at radius 1 is 0.446 bits per heavy atom. The summed E-state index contributed by atoms with van der Waals surface area (Å²) in [6.07, 6.45) is 29.9. The monoisotopic (exact) mass is 1180 g/mol. The van der Waals surface area contributed by atoms with Crippen LogP contribution in [0.15, 0.2) is 85.1 Å². The molecule has 19 nitrogen and oxygen atoms in total. The Bertz CT molecular complexity index is 1840. The zero-order chi connectivity index (χ0) is 60.5. The van der Waals surface area contributed by atoms with Gasteiger partial charge in [-0.1, -0.05) is 176 Å². The average Bonchev–Trinajstić information content (AvgIpc) is 3.18. The second-order valence-corrected chi connectivity index (χ2v) is 22.1. The maximum absolute atomic E-state index is 13.3. The number of rotatable bonds is 45. The van der Waals surface area contributed by atoms with Crippen LogP contribution in [0.25, 0.3) is 0 Å². The molecule has 0 aromatic carbocycles. The number of aliphatic hydroxyl groups is 11. The summed E-state index contributed by atoms with van der Waals surface area (Å²) in [5.74, 6) is -0.299.